The number of rotatable bonds is 6. The highest BCUT2D eigenvalue weighted by molar-refractivity contribution is 7.92. The number of nitrogens with zero attached hydrogens (tertiary/aromatic N) is 1. The second-order valence-corrected chi connectivity index (χ2v) is 10.0. The molecular weight excluding hydrogens is 412 g/mol. The van der Waals surface area contributed by atoms with Gasteiger partial charge in [0.1, 0.15) is 5.75 Å². The molecule has 0 bridgehead atoms. The quantitative estimate of drug-likeness (QED) is 0.705. The van der Waals surface area contributed by atoms with Crippen molar-refractivity contribution in [1.82, 2.24) is 4.90 Å². The predicted molar refractivity (Wildman–Crippen MR) is 121 cm³/mol. The van der Waals surface area contributed by atoms with Gasteiger partial charge in [-0.05, 0) is 87.1 Å². The number of sulfonamides is 1. The van der Waals surface area contributed by atoms with E-state index in [4.69, 9.17) is 4.74 Å². The minimum Gasteiger partial charge on any atom is -0.494 e. The first-order valence-corrected chi connectivity index (χ1v) is 12.6. The van der Waals surface area contributed by atoms with Crippen LogP contribution in [0.2, 0.25) is 0 Å². The van der Waals surface area contributed by atoms with Gasteiger partial charge in [-0.2, -0.15) is 0 Å². The molecule has 1 aliphatic heterocycles. The van der Waals surface area contributed by atoms with E-state index in [2.05, 4.69) is 4.72 Å². The van der Waals surface area contributed by atoms with Crippen molar-refractivity contribution in [2.24, 2.45) is 5.92 Å². The number of hydrogen-bond acceptors (Lipinski definition) is 4. The topological polar surface area (TPSA) is 75.7 Å². The highest BCUT2D eigenvalue weighted by Crippen LogP contribution is 2.36. The zero-order valence-corrected chi connectivity index (χ0v) is 18.7. The Bertz CT molecular complexity index is 1000. The molecule has 2 aromatic rings. The summed E-state index contributed by atoms with van der Waals surface area (Å²) in [6.45, 7) is 3.23. The third kappa shape index (κ3) is 4.87. The molecule has 2 fully saturated rings. The molecule has 1 aliphatic carbocycles. The summed E-state index contributed by atoms with van der Waals surface area (Å²) in [6, 6.07) is 13.4. The van der Waals surface area contributed by atoms with Crippen LogP contribution in [0.1, 0.15) is 55.8 Å². The average molecular weight is 443 g/mol. The molecule has 2 unspecified atom stereocenters. The number of piperidine rings is 1. The molecule has 1 saturated carbocycles. The number of likely N-dealkylation sites (tertiary alicyclic amines) is 1. The summed E-state index contributed by atoms with van der Waals surface area (Å²) in [7, 11) is -3.74. The Labute approximate surface area is 184 Å². The van der Waals surface area contributed by atoms with Crippen molar-refractivity contribution in [3.8, 4) is 5.75 Å². The Hall–Kier alpha value is -2.54. The van der Waals surface area contributed by atoms with E-state index in [0.717, 1.165) is 19.4 Å². The lowest BCUT2D eigenvalue weighted by Crippen LogP contribution is -2.49. The minimum absolute atomic E-state index is 0.0139. The monoisotopic (exact) mass is 442 g/mol. The van der Waals surface area contributed by atoms with Crippen LogP contribution >= 0.6 is 0 Å². The number of hydrogen-bond donors (Lipinski definition) is 1. The van der Waals surface area contributed by atoms with Crippen LogP contribution in [0.15, 0.2) is 53.4 Å². The summed E-state index contributed by atoms with van der Waals surface area (Å²) in [5, 5.41) is 0. The number of nitrogens with one attached hydrogen (secondary N) is 1. The highest BCUT2D eigenvalue weighted by Gasteiger charge is 2.36. The fourth-order valence-corrected chi connectivity index (χ4v) is 5.88. The van der Waals surface area contributed by atoms with Gasteiger partial charge < -0.3 is 9.64 Å². The van der Waals surface area contributed by atoms with Gasteiger partial charge in [-0.1, -0.05) is 12.8 Å². The van der Waals surface area contributed by atoms with Crippen molar-refractivity contribution >= 4 is 21.6 Å². The maximum atomic E-state index is 13.1. The Morgan fingerprint density at radius 3 is 2.39 bits per heavy atom. The van der Waals surface area contributed by atoms with Crippen LogP contribution in [0.3, 0.4) is 0 Å². The summed E-state index contributed by atoms with van der Waals surface area (Å²) in [5.41, 5.74) is 1.01. The van der Waals surface area contributed by atoms with Gasteiger partial charge in [-0.3, -0.25) is 9.52 Å². The Balaban J connectivity index is 1.46. The van der Waals surface area contributed by atoms with Crippen LogP contribution in [0, 0.1) is 5.92 Å². The highest BCUT2D eigenvalue weighted by atomic mass is 32.2. The van der Waals surface area contributed by atoms with Crippen LogP contribution < -0.4 is 9.46 Å². The lowest BCUT2D eigenvalue weighted by molar-refractivity contribution is 0.0390. The molecule has 0 aromatic heterocycles. The lowest BCUT2D eigenvalue weighted by atomic mass is 9.78. The Morgan fingerprint density at radius 1 is 1.00 bits per heavy atom. The largest absolute Gasteiger partial charge is 0.494 e. The minimum atomic E-state index is -3.74. The first-order chi connectivity index (χ1) is 15.0. The molecule has 0 radical (unpaired) electrons. The van der Waals surface area contributed by atoms with Crippen LogP contribution in [0.25, 0.3) is 0 Å². The van der Waals surface area contributed by atoms with Gasteiger partial charge in [0.2, 0.25) is 0 Å². The number of carbonyl (C=O) groups excluding carboxylic acids is 1. The number of anilines is 1. The van der Waals surface area contributed by atoms with E-state index < -0.39 is 10.0 Å². The van der Waals surface area contributed by atoms with Crippen molar-refractivity contribution < 1.29 is 17.9 Å². The summed E-state index contributed by atoms with van der Waals surface area (Å²) < 4.78 is 33.4. The van der Waals surface area contributed by atoms with Crippen molar-refractivity contribution in [1.29, 1.82) is 0 Å². The van der Waals surface area contributed by atoms with E-state index in [1.807, 2.05) is 11.8 Å². The summed E-state index contributed by atoms with van der Waals surface area (Å²) in [4.78, 5) is 15.3. The van der Waals surface area contributed by atoms with E-state index in [1.54, 1.807) is 36.4 Å². The lowest BCUT2D eigenvalue weighted by Gasteiger charge is -2.44. The molecule has 1 heterocycles. The van der Waals surface area contributed by atoms with Crippen molar-refractivity contribution in [2.75, 3.05) is 17.9 Å². The predicted octanol–water partition coefficient (Wildman–Crippen LogP) is 4.68. The molecule has 1 N–H and O–H groups in total. The third-order valence-corrected chi connectivity index (χ3v) is 7.73. The molecule has 6 nitrogen and oxygen atoms in total. The van der Waals surface area contributed by atoms with Gasteiger partial charge in [-0.25, -0.2) is 8.42 Å². The van der Waals surface area contributed by atoms with Gasteiger partial charge in [0.05, 0.1) is 11.5 Å². The van der Waals surface area contributed by atoms with E-state index in [9.17, 15) is 13.2 Å². The second-order valence-electron chi connectivity index (χ2n) is 8.34. The fourth-order valence-electron chi connectivity index (χ4n) is 4.82. The maximum Gasteiger partial charge on any atom is 0.261 e. The Morgan fingerprint density at radius 2 is 1.68 bits per heavy atom. The van der Waals surface area contributed by atoms with Gasteiger partial charge in [0, 0.05) is 23.8 Å². The van der Waals surface area contributed by atoms with Crippen LogP contribution in [-0.4, -0.2) is 38.4 Å². The molecule has 1 saturated heterocycles. The van der Waals surface area contributed by atoms with Crippen LogP contribution in [-0.2, 0) is 10.0 Å². The second kappa shape index (κ2) is 9.30. The van der Waals surface area contributed by atoms with Crippen molar-refractivity contribution in [2.45, 2.75) is 56.4 Å². The zero-order chi connectivity index (χ0) is 21.8. The van der Waals surface area contributed by atoms with Crippen LogP contribution in [0.5, 0.6) is 5.75 Å². The SMILES string of the molecule is CCOc1ccc(NS(=O)(=O)c2ccc(C(=O)N3CCCC4CCCCC43)cc2)cc1. The molecule has 0 spiro atoms. The summed E-state index contributed by atoms with van der Waals surface area (Å²) in [6.07, 6.45) is 6.99. The van der Waals surface area contributed by atoms with Crippen molar-refractivity contribution in [3.63, 3.8) is 0 Å². The van der Waals surface area contributed by atoms with Gasteiger partial charge in [0.25, 0.3) is 15.9 Å². The van der Waals surface area contributed by atoms with E-state index in [-0.39, 0.29) is 10.8 Å². The molecule has 2 aromatic carbocycles. The summed E-state index contributed by atoms with van der Waals surface area (Å²) in [5.74, 6) is 1.32. The van der Waals surface area contributed by atoms with Crippen LogP contribution in [0.4, 0.5) is 5.69 Å². The number of ether oxygens (including phenoxy) is 1. The fraction of sp³-hybridized carbons (Fsp3) is 0.458. The van der Waals surface area contributed by atoms with E-state index in [0.29, 0.717) is 35.6 Å². The zero-order valence-electron chi connectivity index (χ0n) is 17.9. The van der Waals surface area contributed by atoms with Gasteiger partial charge in [-0.15, -0.1) is 0 Å². The number of benzene rings is 2. The molecule has 2 aliphatic rings. The van der Waals surface area contributed by atoms with Crippen molar-refractivity contribution in [3.05, 3.63) is 54.1 Å². The molecular formula is C24H30N2O4S. The van der Waals surface area contributed by atoms with Gasteiger partial charge in [0.15, 0.2) is 0 Å². The molecule has 4 rings (SSSR count). The molecule has 1 amide bonds. The normalized spacial score (nSPS) is 21.3. The standard InChI is InChI=1S/C24H30N2O4S/c1-2-30-21-13-11-20(12-14-21)25-31(28,29)22-15-9-19(10-16-22)24(27)26-17-5-7-18-6-3-4-8-23(18)26/h9-16,18,23,25H,2-8,17H2,1H3. The smallest absolute Gasteiger partial charge is 0.261 e. The number of amides is 1. The number of carbonyl (C=O) groups is 1. The van der Waals surface area contributed by atoms with E-state index in [1.165, 1.54) is 37.8 Å². The molecule has 2 atom stereocenters. The average Bonchev–Trinajstić information content (AvgIpc) is 2.79. The molecule has 31 heavy (non-hydrogen) atoms. The molecule has 166 valence electrons. The summed E-state index contributed by atoms with van der Waals surface area (Å²) >= 11 is 0. The van der Waals surface area contributed by atoms with Gasteiger partial charge >= 0.3 is 0 Å². The first kappa shape index (κ1) is 21.7. The third-order valence-electron chi connectivity index (χ3n) is 6.33. The maximum absolute atomic E-state index is 13.1. The number of fused-ring (bicyclic) bond motifs is 1. The molecule has 7 heteroatoms. The Kier molecular flexibility index (Phi) is 6.51. The van der Waals surface area contributed by atoms with E-state index >= 15 is 0 Å². The first-order valence-electron chi connectivity index (χ1n) is 11.1.